The van der Waals surface area contributed by atoms with Crippen LogP contribution in [0.5, 0.6) is 0 Å². The second-order valence-electron chi connectivity index (χ2n) is 6.83. The van der Waals surface area contributed by atoms with Crippen LogP contribution in [0.15, 0.2) is 51.2 Å². The van der Waals surface area contributed by atoms with Gasteiger partial charge in [0, 0.05) is 23.4 Å². The van der Waals surface area contributed by atoms with E-state index in [1.165, 1.54) is 5.57 Å². The average Bonchev–Trinajstić information content (AvgIpc) is 2.49. The predicted octanol–water partition coefficient (Wildman–Crippen LogP) is 4.24. The molecule has 0 fully saturated rings. The minimum atomic E-state index is -0.241. The molecule has 1 atom stereocenters. The quantitative estimate of drug-likeness (QED) is 0.585. The van der Waals surface area contributed by atoms with Crippen LogP contribution in [0, 0.1) is 0 Å². The Balaban J connectivity index is 2.32. The maximum atomic E-state index is 12.6. The third-order valence-electron chi connectivity index (χ3n) is 4.55. The molecule has 3 rings (SSSR count). The number of hydrogen-bond donors (Lipinski definition) is 1. The second kappa shape index (κ2) is 5.82. The smallest absolute Gasteiger partial charge is 0.340 e. The lowest BCUT2D eigenvalue weighted by Crippen LogP contribution is -2.38. The molecule has 0 radical (unpaired) electrons. The van der Waals surface area contributed by atoms with E-state index < -0.39 is 0 Å². The summed E-state index contributed by atoms with van der Waals surface area (Å²) in [4.78, 5) is 12.6. The highest BCUT2D eigenvalue weighted by molar-refractivity contribution is 5.88. The average molecular weight is 309 g/mol. The van der Waals surface area contributed by atoms with E-state index in [2.05, 4.69) is 45.2 Å². The van der Waals surface area contributed by atoms with Crippen molar-refractivity contribution in [3.05, 3.63) is 63.5 Å². The molecule has 2 heterocycles. The topological polar surface area (TPSA) is 42.2 Å². The zero-order valence-electron chi connectivity index (χ0n) is 14.1. The van der Waals surface area contributed by atoms with E-state index in [1.807, 2.05) is 30.3 Å². The van der Waals surface area contributed by atoms with Crippen LogP contribution in [-0.2, 0) is 0 Å². The monoisotopic (exact) mass is 309 g/mol. The van der Waals surface area contributed by atoms with Crippen molar-refractivity contribution >= 4 is 17.0 Å². The van der Waals surface area contributed by atoms with Crippen LogP contribution in [0.25, 0.3) is 17.0 Å². The molecular weight excluding hydrogens is 286 g/mol. The molecule has 120 valence electrons. The third-order valence-corrected chi connectivity index (χ3v) is 4.55. The summed E-state index contributed by atoms with van der Waals surface area (Å²) in [7, 11) is 0. The van der Waals surface area contributed by atoms with Gasteiger partial charge >= 0.3 is 5.63 Å². The Kier molecular flexibility index (Phi) is 3.99. The van der Waals surface area contributed by atoms with E-state index >= 15 is 0 Å². The summed E-state index contributed by atoms with van der Waals surface area (Å²) >= 11 is 0. The van der Waals surface area contributed by atoms with Gasteiger partial charge in [-0.3, -0.25) is 0 Å². The lowest BCUT2D eigenvalue weighted by Gasteiger charge is -2.26. The Morgan fingerprint density at radius 3 is 2.78 bits per heavy atom. The molecule has 2 aromatic rings. The lowest BCUT2D eigenvalue weighted by atomic mass is 9.86. The molecule has 3 heteroatoms. The van der Waals surface area contributed by atoms with Gasteiger partial charge in [-0.1, -0.05) is 48.9 Å². The van der Waals surface area contributed by atoms with Gasteiger partial charge in [0.1, 0.15) is 5.58 Å². The maximum absolute atomic E-state index is 12.6. The number of nitrogens with one attached hydrogen (secondary N) is 1. The van der Waals surface area contributed by atoms with Crippen LogP contribution in [0.1, 0.15) is 44.7 Å². The fourth-order valence-corrected chi connectivity index (χ4v) is 3.25. The first-order chi connectivity index (χ1) is 10.9. The van der Waals surface area contributed by atoms with Gasteiger partial charge in [0.05, 0.1) is 5.56 Å². The first-order valence-electron chi connectivity index (χ1n) is 8.06. The molecule has 0 aliphatic carbocycles. The molecule has 1 aliphatic rings. The van der Waals surface area contributed by atoms with Gasteiger partial charge in [-0.05, 0) is 32.4 Å². The standard InChI is InChI=1S/C20H23NO2/c1-13-12-20(3,4)21-11-7-9-16-15-8-5-6-10-17(15)23-19(22)18(16)14(13)2/h5-10,12,14,21H,11H2,1-4H3/b9-7-,13-12-/t14-/m0/s1. The molecule has 1 aromatic carbocycles. The number of fused-ring (bicyclic) bond motifs is 3. The van der Waals surface area contributed by atoms with Crippen molar-refractivity contribution in [1.29, 1.82) is 0 Å². The SMILES string of the molecule is C/C1=C/C(C)(C)NC/C=C\c2c(c(=O)oc3ccccc23)[C@H]1C. The van der Waals surface area contributed by atoms with Crippen molar-refractivity contribution in [3.63, 3.8) is 0 Å². The molecule has 0 saturated heterocycles. The number of rotatable bonds is 0. The molecule has 0 bridgehead atoms. The van der Waals surface area contributed by atoms with Crippen LogP contribution in [0.4, 0.5) is 0 Å². The van der Waals surface area contributed by atoms with Crippen molar-refractivity contribution in [2.45, 2.75) is 39.2 Å². The van der Waals surface area contributed by atoms with Crippen molar-refractivity contribution in [1.82, 2.24) is 5.32 Å². The molecule has 0 saturated carbocycles. The molecule has 1 aliphatic heterocycles. The van der Waals surface area contributed by atoms with E-state index in [0.29, 0.717) is 5.58 Å². The summed E-state index contributed by atoms with van der Waals surface area (Å²) in [5.74, 6) is 0.00896. The van der Waals surface area contributed by atoms with Crippen molar-refractivity contribution in [3.8, 4) is 0 Å². The van der Waals surface area contributed by atoms with Crippen LogP contribution >= 0.6 is 0 Å². The summed E-state index contributed by atoms with van der Waals surface area (Å²) in [6.07, 6.45) is 6.33. The van der Waals surface area contributed by atoms with Crippen LogP contribution < -0.4 is 10.9 Å². The maximum Gasteiger partial charge on any atom is 0.340 e. The van der Waals surface area contributed by atoms with Crippen LogP contribution in [-0.4, -0.2) is 12.1 Å². The molecule has 0 spiro atoms. The number of hydrogen-bond acceptors (Lipinski definition) is 3. The number of allylic oxidation sites excluding steroid dienone is 1. The van der Waals surface area contributed by atoms with E-state index in [-0.39, 0.29) is 17.1 Å². The Hall–Kier alpha value is -2.13. The molecular formula is C20H23NO2. The molecule has 1 N–H and O–H groups in total. The summed E-state index contributed by atoms with van der Waals surface area (Å²) in [5.41, 5.74) is 3.17. The Bertz CT molecular complexity index is 856. The fraction of sp³-hybridized carbons (Fsp3) is 0.350. The van der Waals surface area contributed by atoms with E-state index in [9.17, 15) is 4.79 Å². The molecule has 3 nitrogen and oxygen atoms in total. The zero-order chi connectivity index (χ0) is 16.6. The molecule has 0 amide bonds. The van der Waals surface area contributed by atoms with Gasteiger partial charge in [0.15, 0.2) is 0 Å². The fourth-order valence-electron chi connectivity index (χ4n) is 3.25. The Labute approximate surface area is 136 Å². The summed E-state index contributed by atoms with van der Waals surface area (Å²) < 4.78 is 5.57. The van der Waals surface area contributed by atoms with Gasteiger partial charge in [0.2, 0.25) is 0 Å². The molecule has 0 unspecified atom stereocenters. The van der Waals surface area contributed by atoms with Crippen LogP contribution in [0.2, 0.25) is 0 Å². The second-order valence-corrected chi connectivity index (χ2v) is 6.83. The Morgan fingerprint density at radius 2 is 2.00 bits per heavy atom. The van der Waals surface area contributed by atoms with E-state index in [1.54, 1.807) is 0 Å². The van der Waals surface area contributed by atoms with Crippen molar-refractivity contribution in [2.24, 2.45) is 0 Å². The minimum Gasteiger partial charge on any atom is -0.422 e. The summed E-state index contributed by atoms with van der Waals surface area (Å²) in [5, 5.41) is 4.49. The van der Waals surface area contributed by atoms with Crippen molar-refractivity contribution < 1.29 is 4.42 Å². The van der Waals surface area contributed by atoms with E-state index in [0.717, 1.165) is 23.1 Å². The largest absolute Gasteiger partial charge is 0.422 e. The highest BCUT2D eigenvalue weighted by Crippen LogP contribution is 2.31. The van der Waals surface area contributed by atoms with E-state index in [4.69, 9.17) is 4.42 Å². The number of benzene rings is 1. The van der Waals surface area contributed by atoms with Gasteiger partial charge in [-0.2, -0.15) is 0 Å². The van der Waals surface area contributed by atoms with Crippen LogP contribution in [0.3, 0.4) is 0 Å². The molecule has 23 heavy (non-hydrogen) atoms. The number of para-hydroxylation sites is 1. The van der Waals surface area contributed by atoms with Crippen molar-refractivity contribution in [2.75, 3.05) is 6.54 Å². The lowest BCUT2D eigenvalue weighted by molar-refractivity contribution is 0.496. The van der Waals surface area contributed by atoms with Gasteiger partial charge in [-0.15, -0.1) is 0 Å². The third kappa shape index (κ3) is 3.02. The summed E-state index contributed by atoms with van der Waals surface area (Å²) in [6, 6.07) is 7.72. The Morgan fingerprint density at radius 1 is 1.26 bits per heavy atom. The zero-order valence-corrected chi connectivity index (χ0v) is 14.1. The predicted molar refractivity (Wildman–Crippen MR) is 95.8 cm³/mol. The summed E-state index contributed by atoms with van der Waals surface area (Å²) in [6.45, 7) is 9.18. The highest BCUT2D eigenvalue weighted by atomic mass is 16.4. The minimum absolute atomic E-state index is 0.00896. The highest BCUT2D eigenvalue weighted by Gasteiger charge is 2.23. The molecule has 1 aromatic heterocycles. The first kappa shape index (κ1) is 15.8. The van der Waals surface area contributed by atoms with Gasteiger partial charge < -0.3 is 9.73 Å². The van der Waals surface area contributed by atoms with Gasteiger partial charge in [-0.25, -0.2) is 4.79 Å². The van der Waals surface area contributed by atoms with Gasteiger partial charge in [0.25, 0.3) is 0 Å². The first-order valence-corrected chi connectivity index (χ1v) is 8.06. The normalized spacial score (nSPS) is 24.5.